The summed E-state index contributed by atoms with van der Waals surface area (Å²) in [4.78, 5) is 13.3. The summed E-state index contributed by atoms with van der Waals surface area (Å²) in [6.45, 7) is 0.643. The Hall–Kier alpha value is -2.96. The molecule has 0 aromatic heterocycles. The van der Waals surface area contributed by atoms with Crippen LogP contribution in [-0.2, 0) is 34.2 Å². The number of benzene rings is 3. The predicted molar refractivity (Wildman–Crippen MR) is 116 cm³/mol. The van der Waals surface area contributed by atoms with Crippen molar-refractivity contribution in [2.75, 3.05) is 6.54 Å². The molecular formula is C24H24N2O3S. The second kappa shape index (κ2) is 8.81. The van der Waals surface area contributed by atoms with Crippen LogP contribution in [0.1, 0.15) is 16.7 Å². The molecule has 1 aliphatic heterocycles. The molecule has 0 fully saturated rings. The third-order valence-electron chi connectivity index (χ3n) is 5.41. The van der Waals surface area contributed by atoms with Gasteiger partial charge in [-0.05, 0) is 41.7 Å². The van der Waals surface area contributed by atoms with Crippen molar-refractivity contribution in [2.24, 2.45) is 0 Å². The molecule has 0 saturated heterocycles. The van der Waals surface area contributed by atoms with Gasteiger partial charge in [-0.15, -0.1) is 0 Å². The first kappa shape index (κ1) is 20.3. The molecule has 3 aromatic carbocycles. The molecule has 0 bridgehead atoms. The van der Waals surface area contributed by atoms with Crippen LogP contribution in [-0.4, -0.2) is 31.2 Å². The Morgan fingerprint density at radius 3 is 2.17 bits per heavy atom. The number of rotatable bonds is 6. The van der Waals surface area contributed by atoms with E-state index in [1.165, 1.54) is 4.31 Å². The molecule has 0 radical (unpaired) electrons. The fourth-order valence-electron chi connectivity index (χ4n) is 3.80. The molecule has 5 nitrogen and oxygen atoms in total. The average molecular weight is 421 g/mol. The average Bonchev–Trinajstić information content (AvgIpc) is 2.79. The van der Waals surface area contributed by atoms with Crippen LogP contribution in [0, 0.1) is 0 Å². The van der Waals surface area contributed by atoms with Gasteiger partial charge in [-0.25, -0.2) is 8.42 Å². The fraction of sp³-hybridized carbons (Fsp3) is 0.208. The Morgan fingerprint density at radius 1 is 0.867 bits per heavy atom. The Balaban J connectivity index is 1.57. The monoisotopic (exact) mass is 420 g/mol. The zero-order chi connectivity index (χ0) is 21.0. The number of nitrogens with zero attached hydrogens (tertiary/aromatic N) is 1. The third-order valence-corrected chi connectivity index (χ3v) is 7.28. The Kier molecular flexibility index (Phi) is 5.97. The highest BCUT2D eigenvalue weighted by molar-refractivity contribution is 7.89. The van der Waals surface area contributed by atoms with Gasteiger partial charge in [0.05, 0.1) is 4.90 Å². The van der Waals surface area contributed by atoms with Gasteiger partial charge in [0.25, 0.3) is 0 Å². The van der Waals surface area contributed by atoms with Crippen LogP contribution in [0.2, 0.25) is 0 Å². The summed E-state index contributed by atoms with van der Waals surface area (Å²) < 4.78 is 28.0. The SMILES string of the molecule is O=C(NCCc1ccccc1)C1Cc2ccccc2CN1S(=O)(=O)c1ccccc1. The van der Waals surface area contributed by atoms with Crippen LogP contribution in [0.4, 0.5) is 0 Å². The van der Waals surface area contributed by atoms with E-state index in [-0.39, 0.29) is 17.3 Å². The molecule has 1 atom stereocenters. The first-order valence-corrected chi connectivity index (χ1v) is 11.4. The topological polar surface area (TPSA) is 66.5 Å². The maximum Gasteiger partial charge on any atom is 0.244 e. The van der Waals surface area contributed by atoms with Crippen molar-refractivity contribution in [3.63, 3.8) is 0 Å². The molecule has 30 heavy (non-hydrogen) atoms. The van der Waals surface area contributed by atoms with E-state index in [9.17, 15) is 13.2 Å². The van der Waals surface area contributed by atoms with E-state index in [4.69, 9.17) is 0 Å². The van der Waals surface area contributed by atoms with Crippen LogP contribution in [0.3, 0.4) is 0 Å². The number of fused-ring (bicyclic) bond motifs is 1. The van der Waals surface area contributed by atoms with Gasteiger partial charge in [0.15, 0.2) is 0 Å². The summed E-state index contributed by atoms with van der Waals surface area (Å²) in [5.41, 5.74) is 3.08. The quantitative estimate of drug-likeness (QED) is 0.666. The van der Waals surface area contributed by atoms with Crippen molar-refractivity contribution in [1.82, 2.24) is 9.62 Å². The number of nitrogens with one attached hydrogen (secondary N) is 1. The maximum absolute atomic E-state index is 13.4. The van der Waals surface area contributed by atoms with Crippen molar-refractivity contribution < 1.29 is 13.2 Å². The number of hydrogen-bond donors (Lipinski definition) is 1. The lowest BCUT2D eigenvalue weighted by atomic mass is 9.95. The van der Waals surface area contributed by atoms with Crippen molar-refractivity contribution in [3.05, 3.63) is 102 Å². The van der Waals surface area contributed by atoms with Crippen LogP contribution >= 0.6 is 0 Å². The summed E-state index contributed by atoms with van der Waals surface area (Å²) in [6.07, 6.45) is 1.06. The molecule has 0 aliphatic carbocycles. The highest BCUT2D eigenvalue weighted by Crippen LogP contribution is 2.29. The zero-order valence-electron chi connectivity index (χ0n) is 16.6. The zero-order valence-corrected chi connectivity index (χ0v) is 17.4. The molecule has 4 rings (SSSR count). The third kappa shape index (κ3) is 4.30. The van der Waals surface area contributed by atoms with Crippen molar-refractivity contribution >= 4 is 15.9 Å². The van der Waals surface area contributed by atoms with Gasteiger partial charge in [0.2, 0.25) is 15.9 Å². The van der Waals surface area contributed by atoms with Crippen molar-refractivity contribution in [1.29, 1.82) is 0 Å². The first-order valence-electron chi connectivity index (χ1n) is 10.0. The van der Waals surface area contributed by atoms with E-state index < -0.39 is 16.1 Å². The van der Waals surface area contributed by atoms with Gasteiger partial charge in [0, 0.05) is 13.1 Å². The summed E-state index contributed by atoms with van der Waals surface area (Å²) in [6, 6.07) is 25.1. The van der Waals surface area contributed by atoms with Crippen LogP contribution in [0.5, 0.6) is 0 Å². The van der Waals surface area contributed by atoms with Gasteiger partial charge in [-0.2, -0.15) is 4.31 Å². The van der Waals surface area contributed by atoms with E-state index in [0.29, 0.717) is 19.4 Å². The van der Waals surface area contributed by atoms with E-state index in [1.807, 2.05) is 54.6 Å². The highest BCUT2D eigenvalue weighted by Gasteiger charge is 2.39. The van der Waals surface area contributed by atoms with Gasteiger partial charge < -0.3 is 5.32 Å². The number of carbonyl (C=O) groups excluding carboxylic acids is 1. The molecule has 1 N–H and O–H groups in total. The van der Waals surface area contributed by atoms with E-state index in [2.05, 4.69) is 5.32 Å². The Bertz CT molecular complexity index is 1120. The Morgan fingerprint density at radius 2 is 1.47 bits per heavy atom. The lowest BCUT2D eigenvalue weighted by molar-refractivity contribution is -0.125. The minimum atomic E-state index is -3.80. The molecular weight excluding hydrogens is 396 g/mol. The van der Waals surface area contributed by atoms with Gasteiger partial charge in [0.1, 0.15) is 6.04 Å². The van der Waals surface area contributed by atoms with Crippen molar-refractivity contribution in [2.45, 2.75) is 30.3 Å². The lowest BCUT2D eigenvalue weighted by Crippen LogP contribution is -2.52. The molecule has 0 saturated carbocycles. The predicted octanol–water partition coefficient (Wildman–Crippen LogP) is 3.16. The largest absolute Gasteiger partial charge is 0.354 e. The molecule has 1 heterocycles. The molecule has 1 amide bonds. The van der Waals surface area contributed by atoms with Gasteiger partial charge in [-0.3, -0.25) is 4.79 Å². The molecule has 3 aromatic rings. The van der Waals surface area contributed by atoms with Crippen LogP contribution in [0.15, 0.2) is 89.8 Å². The van der Waals surface area contributed by atoms with E-state index >= 15 is 0 Å². The molecule has 154 valence electrons. The summed E-state index contributed by atoms with van der Waals surface area (Å²) in [5, 5.41) is 2.94. The number of hydrogen-bond acceptors (Lipinski definition) is 3. The summed E-state index contributed by atoms with van der Waals surface area (Å²) in [5.74, 6) is -0.264. The number of carbonyl (C=O) groups is 1. The molecule has 0 spiro atoms. The van der Waals surface area contributed by atoms with E-state index in [1.54, 1.807) is 30.3 Å². The van der Waals surface area contributed by atoms with Crippen molar-refractivity contribution in [3.8, 4) is 0 Å². The van der Waals surface area contributed by atoms with Gasteiger partial charge in [-0.1, -0.05) is 72.8 Å². The highest BCUT2D eigenvalue weighted by atomic mass is 32.2. The number of sulfonamides is 1. The number of amides is 1. The van der Waals surface area contributed by atoms with Crippen LogP contribution < -0.4 is 5.32 Å². The molecule has 1 unspecified atom stereocenters. The lowest BCUT2D eigenvalue weighted by Gasteiger charge is -2.35. The summed E-state index contributed by atoms with van der Waals surface area (Å²) >= 11 is 0. The normalized spacial score (nSPS) is 16.6. The minimum Gasteiger partial charge on any atom is -0.354 e. The second-order valence-electron chi connectivity index (χ2n) is 7.38. The molecule has 6 heteroatoms. The van der Waals surface area contributed by atoms with Crippen LogP contribution in [0.25, 0.3) is 0 Å². The second-order valence-corrected chi connectivity index (χ2v) is 9.27. The maximum atomic E-state index is 13.4. The standard InChI is InChI=1S/C24H24N2O3S/c27-24(25-16-15-19-9-3-1-4-10-19)23-17-20-11-7-8-12-21(20)18-26(23)30(28,29)22-13-5-2-6-14-22/h1-14,23H,15-18H2,(H,25,27). The first-order chi connectivity index (χ1) is 14.6. The minimum absolute atomic E-state index is 0.185. The van der Waals surface area contributed by atoms with Gasteiger partial charge >= 0.3 is 0 Å². The fourth-order valence-corrected chi connectivity index (χ4v) is 5.38. The molecule has 1 aliphatic rings. The van der Waals surface area contributed by atoms with E-state index in [0.717, 1.165) is 16.7 Å². The summed E-state index contributed by atoms with van der Waals surface area (Å²) in [7, 11) is -3.80. The smallest absolute Gasteiger partial charge is 0.244 e. The Labute approximate surface area is 177 Å².